The van der Waals surface area contributed by atoms with E-state index in [0.29, 0.717) is 24.5 Å². The number of rotatable bonds is 5. The number of anilines is 1. The standard InChI is InChI=1S/C12H20N2O3S/c1-5-14(6-2)18(15,16)12-8-10(13)9(3)7-11(12)17-4/h7-8H,5-6,13H2,1-4H3. The van der Waals surface area contributed by atoms with Crippen LogP contribution in [0.1, 0.15) is 19.4 Å². The highest BCUT2D eigenvalue weighted by atomic mass is 32.2. The number of aryl methyl sites for hydroxylation is 1. The van der Waals surface area contributed by atoms with Crippen LogP contribution in [-0.2, 0) is 10.0 Å². The molecular weight excluding hydrogens is 252 g/mol. The van der Waals surface area contributed by atoms with E-state index in [1.807, 2.05) is 6.92 Å². The summed E-state index contributed by atoms with van der Waals surface area (Å²) in [6, 6.07) is 3.10. The largest absolute Gasteiger partial charge is 0.495 e. The van der Waals surface area contributed by atoms with E-state index in [0.717, 1.165) is 5.56 Å². The van der Waals surface area contributed by atoms with Crippen molar-refractivity contribution in [2.75, 3.05) is 25.9 Å². The van der Waals surface area contributed by atoms with Crippen LogP contribution in [0.4, 0.5) is 5.69 Å². The van der Waals surface area contributed by atoms with Crippen LogP contribution in [0.2, 0.25) is 0 Å². The number of benzene rings is 1. The van der Waals surface area contributed by atoms with Crippen molar-refractivity contribution in [3.63, 3.8) is 0 Å². The Morgan fingerprint density at radius 2 is 1.83 bits per heavy atom. The van der Waals surface area contributed by atoms with Crippen LogP contribution >= 0.6 is 0 Å². The number of hydrogen-bond acceptors (Lipinski definition) is 4. The predicted molar refractivity (Wildman–Crippen MR) is 72.3 cm³/mol. The fourth-order valence-corrected chi connectivity index (χ4v) is 3.37. The Morgan fingerprint density at radius 3 is 2.28 bits per heavy atom. The first-order valence-corrected chi connectivity index (χ1v) is 7.26. The van der Waals surface area contributed by atoms with Crippen LogP contribution in [0, 0.1) is 6.92 Å². The van der Waals surface area contributed by atoms with Crippen LogP contribution in [0.5, 0.6) is 5.75 Å². The second kappa shape index (κ2) is 5.58. The summed E-state index contributed by atoms with van der Waals surface area (Å²) in [5.74, 6) is 0.327. The Kier molecular flexibility index (Phi) is 4.59. The highest BCUT2D eigenvalue weighted by molar-refractivity contribution is 7.89. The van der Waals surface area contributed by atoms with Gasteiger partial charge in [0.1, 0.15) is 10.6 Å². The second-order valence-electron chi connectivity index (χ2n) is 3.95. The third-order valence-corrected chi connectivity index (χ3v) is 4.95. The second-order valence-corrected chi connectivity index (χ2v) is 5.86. The maximum absolute atomic E-state index is 12.4. The van der Waals surface area contributed by atoms with Crippen molar-refractivity contribution >= 4 is 15.7 Å². The first kappa shape index (κ1) is 14.8. The highest BCUT2D eigenvalue weighted by Gasteiger charge is 2.26. The van der Waals surface area contributed by atoms with Gasteiger partial charge in [0, 0.05) is 18.8 Å². The molecule has 0 fully saturated rings. The predicted octanol–water partition coefficient (Wildman–Crippen LogP) is 1.62. The van der Waals surface area contributed by atoms with Crippen LogP contribution in [0.15, 0.2) is 17.0 Å². The fourth-order valence-electron chi connectivity index (χ4n) is 1.74. The summed E-state index contributed by atoms with van der Waals surface area (Å²) >= 11 is 0. The van der Waals surface area contributed by atoms with Crippen molar-refractivity contribution in [2.24, 2.45) is 0 Å². The molecule has 0 amide bonds. The van der Waals surface area contributed by atoms with Gasteiger partial charge in [0.15, 0.2) is 0 Å². The molecule has 0 aliphatic rings. The van der Waals surface area contributed by atoms with Gasteiger partial charge in [-0.3, -0.25) is 0 Å². The average Bonchev–Trinajstić information content (AvgIpc) is 2.33. The van der Waals surface area contributed by atoms with E-state index >= 15 is 0 Å². The third-order valence-electron chi connectivity index (χ3n) is 2.88. The number of nitrogens with two attached hydrogens (primary N) is 1. The molecule has 0 spiro atoms. The van der Waals surface area contributed by atoms with Crippen molar-refractivity contribution in [2.45, 2.75) is 25.7 Å². The number of nitrogens with zero attached hydrogens (tertiary/aromatic N) is 1. The van der Waals surface area contributed by atoms with Crippen molar-refractivity contribution in [3.8, 4) is 5.75 Å². The van der Waals surface area contributed by atoms with Gasteiger partial charge in [-0.25, -0.2) is 8.42 Å². The molecule has 102 valence electrons. The molecule has 0 unspecified atom stereocenters. The molecule has 0 atom stereocenters. The van der Waals surface area contributed by atoms with Gasteiger partial charge in [-0.15, -0.1) is 0 Å². The van der Waals surface area contributed by atoms with Gasteiger partial charge in [-0.05, 0) is 24.6 Å². The monoisotopic (exact) mass is 272 g/mol. The Morgan fingerprint density at radius 1 is 1.28 bits per heavy atom. The van der Waals surface area contributed by atoms with E-state index in [9.17, 15) is 8.42 Å². The van der Waals surface area contributed by atoms with E-state index < -0.39 is 10.0 Å². The van der Waals surface area contributed by atoms with Crippen LogP contribution in [0.25, 0.3) is 0 Å². The van der Waals surface area contributed by atoms with Gasteiger partial charge >= 0.3 is 0 Å². The molecule has 1 rings (SSSR count). The maximum Gasteiger partial charge on any atom is 0.246 e. The van der Waals surface area contributed by atoms with Crippen molar-refractivity contribution < 1.29 is 13.2 Å². The topological polar surface area (TPSA) is 72.6 Å². The lowest BCUT2D eigenvalue weighted by atomic mass is 10.2. The minimum atomic E-state index is -3.55. The SMILES string of the molecule is CCN(CC)S(=O)(=O)c1cc(N)c(C)cc1OC. The molecule has 0 saturated carbocycles. The van der Waals surface area contributed by atoms with E-state index in [2.05, 4.69) is 0 Å². The van der Waals surface area contributed by atoms with Crippen molar-refractivity contribution in [1.82, 2.24) is 4.31 Å². The molecule has 5 nitrogen and oxygen atoms in total. The van der Waals surface area contributed by atoms with E-state index in [-0.39, 0.29) is 4.90 Å². The normalized spacial score (nSPS) is 11.8. The average molecular weight is 272 g/mol. The summed E-state index contributed by atoms with van der Waals surface area (Å²) in [4.78, 5) is 0.122. The minimum absolute atomic E-state index is 0.122. The molecule has 0 saturated heterocycles. The first-order valence-electron chi connectivity index (χ1n) is 5.82. The molecule has 0 aromatic heterocycles. The Balaban J connectivity index is 3.44. The van der Waals surface area contributed by atoms with Gasteiger partial charge in [0.2, 0.25) is 10.0 Å². The molecule has 0 aliphatic carbocycles. The molecule has 0 heterocycles. The molecule has 2 N–H and O–H groups in total. The van der Waals surface area contributed by atoms with Crippen LogP contribution in [0.3, 0.4) is 0 Å². The summed E-state index contributed by atoms with van der Waals surface area (Å²) < 4.78 is 31.4. The summed E-state index contributed by atoms with van der Waals surface area (Å²) in [6.45, 7) is 6.23. The van der Waals surface area contributed by atoms with Crippen LogP contribution in [-0.4, -0.2) is 32.9 Å². The lowest BCUT2D eigenvalue weighted by Crippen LogP contribution is -2.31. The Hall–Kier alpha value is -1.27. The number of ether oxygens (including phenoxy) is 1. The first-order chi connectivity index (χ1) is 8.38. The number of hydrogen-bond donors (Lipinski definition) is 1. The quantitative estimate of drug-likeness (QED) is 0.827. The zero-order valence-corrected chi connectivity index (χ0v) is 12.0. The van der Waals surface area contributed by atoms with Crippen molar-refractivity contribution in [1.29, 1.82) is 0 Å². The van der Waals surface area contributed by atoms with Crippen molar-refractivity contribution in [3.05, 3.63) is 17.7 Å². The summed E-state index contributed by atoms with van der Waals surface area (Å²) in [5.41, 5.74) is 7.03. The summed E-state index contributed by atoms with van der Waals surface area (Å²) in [7, 11) is -2.10. The number of sulfonamides is 1. The maximum atomic E-state index is 12.4. The summed E-state index contributed by atoms with van der Waals surface area (Å²) in [5, 5.41) is 0. The molecule has 0 radical (unpaired) electrons. The van der Waals surface area contributed by atoms with Gasteiger partial charge in [-0.1, -0.05) is 13.8 Å². The lowest BCUT2D eigenvalue weighted by Gasteiger charge is -2.20. The van der Waals surface area contributed by atoms with Crippen LogP contribution < -0.4 is 10.5 Å². The summed E-state index contributed by atoms with van der Waals surface area (Å²) in [6.07, 6.45) is 0. The van der Waals surface area contributed by atoms with E-state index in [1.165, 1.54) is 17.5 Å². The lowest BCUT2D eigenvalue weighted by molar-refractivity contribution is 0.395. The highest BCUT2D eigenvalue weighted by Crippen LogP contribution is 2.30. The van der Waals surface area contributed by atoms with E-state index in [4.69, 9.17) is 10.5 Å². The molecule has 0 aliphatic heterocycles. The molecular formula is C12H20N2O3S. The fraction of sp³-hybridized carbons (Fsp3) is 0.500. The smallest absolute Gasteiger partial charge is 0.246 e. The number of nitrogen functional groups attached to an aromatic ring is 1. The van der Waals surface area contributed by atoms with Gasteiger partial charge in [0.25, 0.3) is 0 Å². The third kappa shape index (κ3) is 2.59. The minimum Gasteiger partial charge on any atom is -0.495 e. The zero-order chi connectivity index (χ0) is 13.9. The van der Waals surface area contributed by atoms with E-state index in [1.54, 1.807) is 19.9 Å². The van der Waals surface area contributed by atoms with Gasteiger partial charge in [0.05, 0.1) is 7.11 Å². The van der Waals surface area contributed by atoms with Gasteiger partial charge < -0.3 is 10.5 Å². The molecule has 1 aromatic rings. The molecule has 1 aromatic carbocycles. The zero-order valence-electron chi connectivity index (χ0n) is 11.2. The molecule has 0 bridgehead atoms. The Labute approximate surface area is 109 Å². The molecule has 6 heteroatoms. The van der Waals surface area contributed by atoms with Gasteiger partial charge in [-0.2, -0.15) is 4.31 Å². The number of methoxy groups -OCH3 is 1. The Bertz CT molecular complexity index is 522. The molecule has 18 heavy (non-hydrogen) atoms.